The summed E-state index contributed by atoms with van der Waals surface area (Å²) in [5, 5.41) is 9.54. The summed E-state index contributed by atoms with van der Waals surface area (Å²) in [4.78, 5) is 2.27. The molecule has 22 heavy (non-hydrogen) atoms. The summed E-state index contributed by atoms with van der Waals surface area (Å²) < 4.78 is 0. The summed E-state index contributed by atoms with van der Waals surface area (Å²) in [7, 11) is 4.26. The van der Waals surface area contributed by atoms with E-state index < -0.39 is 0 Å². The molecule has 0 bridgehead atoms. The van der Waals surface area contributed by atoms with E-state index in [9.17, 15) is 5.11 Å². The van der Waals surface area contributed by atoms with Crippen LogP contribution in [0.25, 0.3) is 0 Å². The Morgan fingerprint density at radius 1 is 0.727 bits per heavy atom. The summed E-state index contributed by atoms with van der Waals surface area (Å²) in [6.45, 7) is 4.18. The van der Waals surface area contributed by atoms with Crippen LogP contribution in [0.15, 0.2) is 0 Å². The molecular weight excluding hydrogens is 270 g/mol. The van der Waals surface area contributed by atoms with Crippen molar-refractivity contribution in [1.82, 2.24) is 4.90 Å². The fraction of sp³-hybridized carbons (Fsp3) is 1.00. The Morgan fingerprint density at radius 2 is 1.14 bits per heavy atom. The predicted octanol–water partition coefficient (Wildman–Crippen LogP) is 5.78. The van der Waals surface area contributed by atoms with E-state index in [1.165, 1.54) is 83.5 Å². The maximum atomic E-state index is 9.54. The highest BCUT2D eigenvalue weighted by Gasteiger charge is 2.13. The zero-order chi connectivity index (χ0) is 16.6. The fourth-order valence-electron chi connectivity index (χ4n) is 3.20. The second kappa shape index (κ2) is 15.8. The van der Waals surface area contributed by atoms with Crippen LogP contribution in [0.1, 0.15) is 104 Å². The zero-order valence-corrected chi connectivity index (χ0v) is 15.9. The molecule has 0 radical (unpaired) electrons. The van der Waals surface area contributed by atoms with E-state index in [1.807, 2.05) is 6.92 Å². The number of aliphatic hydroxyl groups excluding tert-OH is 1. The van der Waals surface area contributed by atoms with Crippen molar-refractivity contribution >= 4 is 0 Å². The first-order chi connectivity index (χ1) is 10.6. The molecule has 0 aromatic carbocycles. The average Bonchev–Trinajstić information content (AvgIpc) is 2.46. The molecule has 0 aliphatic rings. The Hall–Kier alpha value is -0.0800. The Morgan fingerprint density at radius 3 is 1.50 bits per heavy atom. The van der Waals surface area contributed by atoms with Crippen molar-refractivity contribution in [2.45, 2.75) is 116 Å². The van der Waals surface area contributed by atoms with E-state index in [0.717, 1.165) is 6.42 Å². The Balaban J connectivity index is 3.31. The second-order valence-electron chi connectivity index (χ2n) is 7.38. The monoisotopic (exact) mass is 313 g/mol. The fourth-order valence-corrected chi connectivity index (χ4v) is 3.20. The number of aliphatic hydroxyl groups is 1. The van der Waals surface area contributed by atoms with Crippen LogP contribution in [0.3, 0.4) is 0 Å². The number of nitrogens with zero attached hydrogens (tertiary/aromatic N) is 1. The smallest absolute Gasteiger partial charge is 0.0527 e. The summed E-state index contributed by atoms with van der Waals surface area (Å²) in [5.74, 6) is 0. The molecule has 0 rings (SSSR count). The van der Waals surface area contributed by atoms with Crippen LogP contribution in [0.4, 0.5) is 0 Å². The quantitative estimate of drug-likeness (QED) is 0.365. The van der Waals surface area contributed by atoms with Gasteiger partial charge < -0.3 is 10.0 Å². The Bertz CT molecular complexity index is 216. The molecule has 134 valence electrons. The molecule has 1 N–H and O–H groups in total. The molecule has 0 fully saturated rings. The van der Waals surface area contributed by atoms with Gasteiger partial charge in [0.1, 0.15) is 0 Å². The van der Waals surface area contributed by atoms with E-state index in [-0.39, 0.29) is 6.10 Å². The zero-order valence-electron chi connectivity index (χ0n) is 15.9. The highest BCUT2D eigenvalue weighted by Crippen LogP contribution is 2.15. The van der Waals surface area contributed by atoms with Crippen molar-refractivity contribution in [1.29, 1.82) is 0 Å². The van der Waals surface area contributed by atoms with Crippen LogP contribution in [-0.4, -0.2) is 36.2 Å². The van der Waals surface area contributed by atoms with Gasteiger partial charge in [-0.2, -0.15) is 0 Å². The van der Waals surface area contributed by atoms with E-state index >= 15 is 0 Å². The number of hydrogen-bond donors (Lipinski definition) is 1. The van der Waals surface area contributed by atoms with Gasteiger partial charge in [0.15, 0.2) is 0 Å². The lowest BCUT2D eigenvalue weighted by atomic mass is 10.0. The van der Waals surface area contributed by atoms with Gasteiger partial charge in [0, 0.05) is 6.04 Å². The number of rotatable bonds is 16. The maximum absolute atomic E-state index is 9.54. The molecule has 2 atom stereocenters. The van der Waals surface area contributed by atoms with Crippen LogP contribution >= 0.6 is 0 Å². The van der Waals surface area contributed by atoms with E-state index in [2.05, 4.69) is 25.9 Å². The minimum absolute atomic E-state index is 0.176. The molecule has 0 heterocycles. The third-order valence-electron chi connectivity index (χ3n) is 4.73. The van der Waals surface area contributed by atoms with Gasteiger partial charge in [0.05, 0.1) is 6.10 Å². The first-order valence-electron chi connectivity index (χ1n) is 9.92. The first-order valence-corrected chi connectivity index (χ1v) is 9.92. The Labute approximate surface area is 140 Å². The van der Waals surface area contributed by atoms with Crippen molar-refractivity contribution < 1.29 is 5.11 Å². The molecule has 0 amide bonds. The molecule has 0 aliphatic heterocycles. The summed E-state index contributed by atoms with van der Waals surface area (Å²) in [5.41, 5.74) is 0. The van der Waals surface area contributed by atoms with Crippen molar-refractivity contribution in [2.24, 2.45) is 0 Å². The van der Waals surface area contributed by atoms with Gasteiger partial charge in [-0.1, -0.05) is 84.0 Å². The third-order valence-corrected chi connectivity index (χ3v) is 4.73. The average molecular weight is 314 g/mol. The lowest BCUT2D eigenvalue weighted by Gasteiger charge is -2.25. The molecule has 0 spiro atoms. The summed E-state index contributed by atoms with van der Waals surface area (Å²) in [6, 6.07) is 0.545. The highest BCUT2D eigenvalue weighted by molar-refractivity contribution is 4.69. The van der Waals surface area contributed by atoms with Gasteiger partial charge in [-0.25, -0.2) is 0 Å². The minimum atomic E-state index is -0.176. The Kier molecular flexibility index (Phi) is 15.7. The van der Waals surface area contributed by atoms with Gasteiger partial charge >= 0.3 is 0 Å². The van der Waals surface area contributed by atoms with Crippen LogP contribution in [-0.2, 0) is 0 Å². The molecule has 2 unspecified atom stereocenters. The van der Waals surface area contributed by atoms with Gasteiger partial charge in [-0.05, 0) is 33.9 Å². The van der Waals surface area contributed by atoms with Crippen molar-refractivity contribution in [3.05, 3.63) is 0 Å². The van der Waals surface area contributed by atoms with Gasteiger partial charge in [-0.3, -0.25) is 0 Å². The molecule has 2 heteroatoms. The summed E-state index contributed by atoms with van der Waals surface area (Å²) >= 11 is 0. The van der Waals surface area contributed by atoms with Crippen molar-refractivity contribution in [2.75, 3.05) is 14.1 Å². The first kappa shape index (κ1) is 21.9. The maximum Gasteiger partial charge on any atom is 0.0527 e. The number of hydrogen-bond acceptors (Lipinski definition) is 2. The van der Waals surface area contributed by atoms with Crippen molar-refractivity contribution in [3.63, 3.8) is 0 Å². The van der Waals surface area contributed by atoms with E-state index in [4.69, 9.17) is 0 Å². The van der Waals surface area contributed by atoms with Crippen molar-refractivity contribution in [3.8, 4) is 0 Å². The van der Waals surface area contributed by atoms with Gasteiger partial charge in [0.2, 0.25) is 0 Å². The van der Waals surface area contributed by atoms with Gasteiger partial charge in [0.25, 0.3) is 0 Å². The predicted molar refractivity (Wildman–Crippen MR) is 99.5 cm³/mol. The SMILES string of the molecule is CCCCCCCCCCCCCCC(CC(C)O)N(C)C. The standard InChI is InChI=1S/C20H43NO/c1-5-6-7-8-9-10-11-12-13-14-15-16-17-20(21(3)4)18-19(2)22/h19-20,22H,5-18H2,1-4H3. The molecule has 0 saturated heterocycles. The molecule has 0 saturated carbocycles. The van der Waals surface area contributed by atoms with E-state index in [1.54, 1.807) is 0 Å². The highest BCUT2D eigenvalue weighted by atomic mass is 16.3. The molecule has 0 aliphatic carbocycles. The lowest BCUT2D eigenvalue weighted by Crippen LogP contribution is -2.31. The van der Waals surface area contributed by atoms with Crippen LogP contribution in [0, 0.1) is 0 Å². The van der Waals surface area contributed by atoms with Crippen LogP contribution in [0.2, 0.25) is 0 Å². The van der Waals surface area contributed by atoms with Crippen LogP contribution in [0.5, 0.6) is 0 Å². The normalized spacial score (nSPS) is 14.5. The lowest BCUT2D eigenvalue weighted by molar-refractivity contribution is 0.133. The summed E-state index contributed by atoms with van der Waals surface area (Å²) in [6.07, 6.45) is 18.9. The van der Waals surface area contributed by atoms with Crippen LogP contribution < -0.4 is 0 Å². The molecule has 0 aromatic rings. The third kappa shape index (κ3) is 14.8. The topological polar surface area (TPSA) is 23.5 Å². The molecule has 2 nitrogen and oxygen atoms in total. The largest absolute Gasteiger partial charge is 0.393 e. The second-order valence-corrected chi connectivity index (χ2v) is 7.38. The molecular formula is C20H43NO. The molecule has 0 aromatic heterocycles. The van der Waals surface area contributed by atoms with E-state index in [0.29, 0.717) is 6.04 Å². The minimum Gasteiger partial charge on any atom is -0.393 e. The number of unbranched alkanes of at least 4 members (excludes halogenated alkanes) is 11. The van der Waals surface area contributed by atoms with Gasteiger partial charge in [-0.15, -0.1) is 0 Å².